The van der Waals surface area contributed by atoms with Crippen LogP contribution < -0.4 is 5.32 Å². The molecule has 0 aromatic heterocycles. The topological polar surface area (TPSA) is 12.0 Å². The molecule has 0 aliphatic rings. The molecule has 0 bridgehead atoms. The summed E-state index contributed by atoms with van der Waals surface area (Å²) in [5.41, 5.74) is 3.32. The van der Waals surface area contributed by atoms with Gasteiger partial charge in [-0.15, -0.1) is 0 Å². The average Bonchev–Trinajstić information content (AvgIpc) is 2.33. The minimum Gasteiger partial charge on any atom is -0.381 e. The highest BCUT2D eigenvalue weighted by atomic mass is 79.9. The van der Waals surface area contributed by atoms with E-state index < -0.39 is 0 Å². The lowest BCUT2D eigenvalue weighted by Crippen LogP contribution is -1.99. The summed E-state index contributed by atoms with van der Waals surface area (Å²) in [7, 11) is 0. The van der Waals surface area contributed by atoms with Gasteiger partial charge in [-0.3, -0.25) is 0 Å². The quantitative estimate of drug-likeness (QED) is 0.878. The van der Waals surface area contributed by atoms with Gasteiger partial charge < -0.3 is 5.32 Å². The highest BCUT2D eigenvalue weighted by Crippen LogP contribution is 2.18. The maximum atomic E-state index is 12.7. The fraction of sp³-hybridized carbons (Fsp3) is 0.143. The van der Waals surface area contributed by atoms with Crippen LogP contribution in [0.1, 0.15) is 11.1 Å². The van der Waals surface area contributed by atoms with Crippen molar-refractivity contribution in [3.63, 3.8) is 0 Å². The van der Waals surface area contributed by atoms with Crippen molar-refractivity contribution in [3.8, 4) is 0 Å². The van der Waals surface area contributed by atoms with E-state index in [1.54, 1.807) is 12.1 Å². The first kappa shape index (κ1) is 12.1. The van der Waals surface area contributed by atoms with E-state index in [-0.39, 0.29) is 5.82 Å². The Balaban J connectivity index is 2.02. The SMILES string of the molecule is Cc1ccc(CNc2ccc(F)cc2)cc1Br. The van der Waals surface area contributed by atoms with Crippen LogP contribution in [0.25, 0.3) is 0 Å². The molecule has 0 atom stereocenters. The maximum absolute atomic E-state index is 12.7. The standard InChI is InChI=1S/C14H13BrFN/c1-10-2-3-11(8-14(10)15)9-17-13-6-4-12(16)5-7-13/h2-8,17H,9H2,1H3. The highest BCUT2D eigenvalue weighted by Gasteiger charge is 1.98. The lowest BCUT2D eigenvalue weighted by molar-refractivity contribution is 0.628. The van der Waals surface area contributed by atoms with E-state index >= 15 is 0 Å². The molecule has 3 heteroatoms. The number of anilines is 1. The molecule has 0 saturated carbocycles. The third-order valence-corrected chi connectivity index (χ3v) is 3.43. The van der Waals surface area contributed by atoms with Crippen molar-refractivity contribution in [1.29, 1.82) is 0 Å². The Kier molecular flexibility index (Phi) is 3.79. The Morgan fingerprint density at radius 1 is 1.12 bits per heavy atom. The minimum absolute atomic E-state index is 0.214. The van der Waals surface area contributed by atoms with Crippen LogP contribution in [-0.4, -0.2) is 0 Å². The lowest BCUT2D eigenvalue weighted by atomic mass is 10.1. The van der Waals surface area contributed by atoms with Crippen molar-refractivity contribution in [2.45, 2.75) is 13.5 Å². The largest absolute Gasteiger partial charge is 0.381 e. The summed E-state index contributed by atoms with van der Waals surface area (Å²) in [6.45, 7) is 2.78. The van der Waals surface area contributed by atoms with Crippen LogP contribution in [0.2, 0.25) is 0 Å². The van der Waals surface area contributed by atoms with Crippen LogP contribution in [0.4, 0.5) is 10.1 Å². The summed E-state index contributed by atoms with van der Waals surface area (Å²) in [4.78, 5) is 0. The minimum atomic E-state index is -0.214. The molecular weight excluding hydrogens is 281 g/mol. The van der Waals surface area contributed by atoms with Gasteiger partial charge in [-0.1, -0.05) is 28.1 Å². The molecular formula is C14H13BrFN. The Labute approximate surface area is 109 Å². The number of nitrogens with one attached hydrogen (secondary N) is 1. The van der Waals surface area contributed by atoms with E-state index in [1.807, 2.05) is 0 Å². The molecule has 0 saturated heterocycles. The van der Waals surface area contributed by atoms with Gasteiger partial charge in [-0.25, -0.2) is 4.39 Å². The molecule has 0 radical (unpaired) electrons. The third kappa shape index (κ3) is 3.30. The first-order valence-electron chi connectivity index (χ1n) is 5.39. The van der Waals surface area contributed by atoms with Crippen molar-refractivity contribution >= 4 is 21.6 Å². The van der Waals surface area contributed by atoms with Gasteiger partial charge in [0.2, 0.25) is 0 Å². The van der Waals surface area contributed by atoms with E-state index in [0.29, 0.717) is 0 Å². The van der Waals surface area contributed by atoms with E-state index in [0.717, 1.165) is 16.7 Å². The van der Waals surface area contributed by atoms with Crippen LogP contribution in [0.3, 0.4) is 0 Å². The van der Waals surface area contributed by atoms with Crippen LogP contribution in [0.15, 0.2) is 46.9 Å². The molecule has 17 heavy (non-hydrogen) atoms. The summed E-state index contributed by atoms with van der Waals surface area (Å²) >= 11 is 3.50. The van der Waals surface area contributed by atoms with Gasteiger partial charge in [0, 0.05) is 16.7 Å². The second-order valence-electron chi connectivity index (χ2n) is 3.94. The summed E-state index contributed by atoms with van der Waals surface area (Å²) in [5, 5.41) is 3.25. The molecule has 2 aromatic carbocycles. The highest BCUT2D eigenvalue weighted by molar-refractivity contribution is 9.10. The zero-order valence-corrected chi connectivity index (χ0v) is 11.1. The van der Waals surface area contributed by atoms with Crippen molar-refractivity contribution in [3.05, 3.63) is 63.9 Å². The smallest absolute Gasteiger partial charge is 0.123 e. The van der Waals surface area contributed by atoms with Gasteiger partial charge in [0.05, 0.1) is 0 Å². The fourth-order valence-corrected chi connectivity index (χ4v) is 1.94. The zero-order chi connectivity index (χ0) is 12.3. The summed E-state index contributed by atoms with van der Waals surface area (Å²) in [6, 6.07) is 12.6. The molecule has 0 heterocycles. The number of hydrogen-bond acceptors (Lipinski definition) is 1. The molecule has 0 spiro atoms. The molecule has 1 N–H and O–H groups in total. The number of benzene rings is 2. The fourth-order valence-electron chi connectivity index (χ4n) is 1.52. The Morgan fingerprint density at radius 3 is 2.47 bits per heavy atom. The number of hydrogen-bond donors (Lipinski definition) is 1. The second kappa shape index (κ2) is 5.32. The summed E-state index contributed by atoms with van der Waals surface area (Å²) < 4.78 is 13.8. The average molecular weight is 294 g/mol. The second-order valence-corrected chi connectivity index (χ2v) is 4.80. The molecule has 2 aromatic rings. The first-order valence-corrected chi connectivity index (χ1v) is 6.19. The number of aryl methyl sites for hydroxylation is 1. The Hall–Kier alpha value is -1.35. The molecule has 0 fully saturated rings. The van der Waals surface area contributed by atoms with Crippen LogP contribution in [0, 0.1) is 12.7 Å². The van der Waals surface area contributed by atoms with Gasteiger partial charge in [0.25, 0.3) is 0 Å². The predicted octanol–water partition coefficient (Wildman–Crippen LogP) is 4.51. The zero-order valence-electron chi connectivity index (χ0n) is 9.50. The van der Waals surface area contributed by atoms with Crippen molar-refractivity contribution < 1.29 is 4.39 Å². The predicted molar refractivity (Wildman–Crippen MR) is 72.6 cm³/mol. The van der Waals surface area contributed by atoms with E-state index in [4.69, 9.17) is 0 Å². The summed E-state index contributed by atoms with van der Waals surface area (Å²) in [5.74, 6) is -0.214. The Morgan fingerprint density at radius 2 is 1.82 bits per heavy atom. The molecule has 0 amide bonds. The van der Waals surface area contributed by atoms with Gasteiger partial charge >= 0.3 is 0 Å². The molecule has 0 unspecified atom stereocenters. The molecule has 2 rings (SSSR count). The monoisotopic (exact) mass is 293 g/mol. The molecule has 88 valence electrons. The summed E-state index contributed by atoms with van der Waals surface area (Å²) in [6.07, 6.45) is 0. The van der Waals surface area contributed by atoms with Gasteiger partial charge in [-0.05, 0) is 48.4 Å². The van der Waals surface area contributed by atoms with E-state index in [9.17, 15) is 4.39 Å². The number of halogens is 2. The maximum Gasteiger partial charge on any atom is 0.123 e. The van der Waals surface area contributed by atoms with Crippen LogP contribution >= 0.6 is 15.9 Å². The number of rotatable bonds is 3. The van der Waals surface area contributed by atoms with Crippen LogP contribution in [0.5, 0.6) is 0 Å². The van der Waals surface area contributed by atoms with Crippen molar-refractivity contribution in [2.75, 3.05) is 5.32 Å². The molecule has 1 nitrogen and oxygen atoms in total. The van der Waals surface area contributed by atoms with Crippen molar-refractivity contribution in [2.24, 2.45) is 0 Å². The van der Waals surface area contributed by atoms with Gasteiger partial charge in [0.15, 0.2) is 0 Å². The van der Waals surface area contributed by atoms with E-state index in [1.165, 1.54) is 23.3 Å². The molecule has 0 aliphatic carbocycles. The van der Waals surface area contributed by atoms with Crippen molar-refractivity contribution in [1.82, 2.24) is 0 Å². The normalized spacial score (nSPS) is 10.3. The van der Waals surface area contributed by atoms with E-state index in [2.05, 4.69) is 46.4 Å². The van der Waals surface area contributed by atoms with Crippen LogP contribution in [-0.2, 0) is 6.54 Å². The molecule has 0 aliphatic heterocycles. The van der Waals surface area contributed by atoms with Gasteiger partial charge in [0.1, 0.15) is 5.82 Å². The lowest BCUT2D eigenvalue weighted by Gasteiger charge is -2.07. The first-order chi connectivity index (χ1) is 8.15. The Bertz CT molecular complexity index is 508. The van der Waals surface area contributed by atoms with Gasteiger partial charge in [-0.2, -0.15) is 0 Å². The third-order valence-electron chi connectivity index (χ3n) is 2.58.